The SMILES string of the molecule is C/N=N/c1ccc(-c2nc3ccc(C)cc3s2)c(C)c1C. The molecule has 0 radical (unpaired) electrons. The Labute approximate surface area is 128 Å². The summed E-state index contributed by atoms with van der Waals surface area (Å²) in [5.74, 6) is 0. The van der Waals surface area contributed by atoms with E-state index in [4.69, 9.17) is 4.98 Å². The van der Waals surface area contributed by atoms with Gasteiger partial charge < -0.3 is 0 Å². The Morgan fingerprint density at radius 1 is 1.00 bits per heavy atom. The van der Waals surface area contributed by atoms with Crippen LogP contribution < -0.4 is 0 Å². The Kier molecular flexibility index (Phi) is 3.55. The normalized spacial score (nSPS) is 11.6. The van der Waals surface area contributed by atoms with Crippen molar-refractivity contribution in [1.82, 2.24) is 4.98 Å². The zero-order valence-electron chi connectivity index (χ0n) is 12.6. The molecule has 0 aliphatic carbocycles. The van der Waals surface area contributed by atoms with Gasteiger partial charge in [0.1, 0.15) is 5.01 Å². The molecular weight excluding hydrogens is 278 g/mol. The van der Waals surface area contributed by atoms with Crippen LogP contribution in [0.1, 0.15) is 16.7 Å². The lowest BCUT2D eigenvalue weighted by Gasteiger charge is -2.08. The number of azo groups is 1. The van der Waals surface area contributed by atoms with Gasteiger partial charge in [-0.05, 0) is 61.7 Å². The van der Waals surface area contributed by atoms with E-state index in [2.05, 4.69) is 55.3 Å². The molecule has 3 rings (SSSR count). The van der Waals surface area contributed by atoms with Gasteiger partial charge in [-0.25, -0.2) is 4.98 Å². The average molecular weight is 295 g/mol. The monoisotopic (exact) mass is 295 g/mol. The molecule has 4 heteroatoms. The lowest BCUT2D eigenvalue weighted by Crippen LogP contribution is -1.87. The number of aromatic nitrogens is 1. The van der Waals surface area contributed by atoms with Gasteiger partial charge in [-0.3, -0.25) is 0 Å². The highest BCUT2D eigenvalue weighted by atomic mass is 32.1. The maximum absolute atomic E-state index is 4.77. The van der Waals surface area contributed by atoms with Crippen molar-refractivity contribution >= 4 is 27.2 Å². The molecule has 0 aliphatic rings. The van der Waals surface area contributed by atoms with Crippen molar-refractivity contribution in [2.45, 2.75) is 20.8 Å². The van der Waals surface area contributed by atoms with Crippen LogP contribution in [0.25, 0.3) is 20.8 Å². The van der Waals surface area contributed by atoms with E-state index >= 15 is 0 Å². The highest BCUT2D eigenvalue weighted by molar-refractivity contribution is 7.21. The van der Waals surface area contributed by atoms with Gasteiger partial charge in [0.25, 0.3) is 0 Å². The third-order valence-electron chi connectivity index (χ3n) is 3.74. The van der Waals surface area contributed by atoms with E-state index in [1.54, 1.807) is 18.4 Å². The summed E-state index contributed by atoms with van der Waals surface area (Å²) in [5.41, 5.74) is 6.82. The van der Waals surface area contributed by atoms with Gasteiger partial charge >= 0.3 is 0 Å². The highest BCUT2D eigenvalue weighted by Crippen LogP contribution is 2.36. The van der Waals surface area contributed by atoms with Crippen molar-refractivity contribution < 1.29 is 0 Å². The quantitative estimate of drug-likeness (QED) is 0.567. The second-order valence-electron chi connectivity index (χ2n) is 5.17. The molecule has 0 spiro atoms. The first-order valence-electron chi connectivity index (χ1n) is 6.87. The van der Waals surface area contributed by atoms with Gasteiger partial charge in [0.05, 0.1) is 15.9 Å². The molecule has 0 atom stereocenters. The summed E-state index contributed by atoms with van der Waals surface area (Å²) in [6.45, 7) is 6.32. The predicted molar refractivity (Wildman–Crippen MR) is 89.7 cm³/mol. The van der Waals surface area contributed by atoms with Crippen molar-refractivity contribution in [2.75, 3.05) is 7.05 Å². The third kappa shape index (κ3) is 2.47. The molecule has 0 bridgehead atoms. The molecule has 21 heavy (non-hydrogen) atoms. The highest BCUT2D eigenvalue weighted by Gasteiger charge is 2.12. The van der Waals surface area contributed by atoms with Crippen LogP contribution in [0, 0.1) is 20.8 Å². The fraction of sp³-hybridized carbons (Fsp3) is 0.235. The van der Waals surface area contributed by atoms with Crippen LogP contribution >= 0.6 is 11.3 Å². The number of fused-ring (bicyclic) bond motifs is 1. The minimum absolute atomic E-state index is 0.927. The Hall–Kier alpha value is -2.07. The lowest BCUT2D eigenvalue weighted by molar-refractivity contribution is 1.14. The summed E-state index contributed by atoms with van der Waals surface area (Å²) >= 11 is 1.74. The maximum atomic E-state index is 4.77. The van der Waals surface area contributed by atoms with Gasteiger partial charge in [-0.15, -0.1) is 11.3 Å². The second-order valence-corrected chi connectivity index (χ2v) is 6.20. The third-order valence-corrected chi connectivity index (χ3v) is 4.79. The molecule has 106 valence electrons. The van der Waals surface area contributed by atoms with Crippen molar-refractivity contribution in [2.24, 2.45) is 10.2 Å². The molecule has 0 aliphatic heterocycles. The number of thiazole rings is 1. The van der Waals surface area contributed by atoms with Crippen molar-refractivity contribution in [3.05, 3.63) is 47.0 Å². The van der Waals surface area contributed by atoms with E-state index in [0.29, 0.717) is 0 Å². The number of rotatable bonds is 2. The summed E-state index contributed by atoms with van der Waals surface area (Å²) in [4.78, 5) is 4.77. The molecule has 0 saturated carbocycles. The van der Waals surface area contributed by atoms with Crippen molar-refractivity contribution in [3.63, 3.8) is 0 Å². The van der Waals surface area contributed by atoms with Gasteiger partial charge in [0, 0.05) is 12.6 Å². The first-order valence-corrected chi connectivity index (χ1v) is 7.69. The summed E-state index contributed by atoms with van der Waals surface area (Å²) in [6.07, 6.45) is 0. The predicted octanol–water partition coefficient (Wildman–Crippen LogP) is 5.60. The van der Waals surface area contributed by atoms with Gasteiger partial charge in [0.2, 0.25) is 0 Å². The molecule has 1 aromatic heterocycles. The maximum Gasteiger partial charge on any atom is 0.124 e. The lowest BCUT2D eigenvalue weighted by atomic mass is 10.0. The minimum atomic E-state index is 0.927. The van der Waals surface area contributed by atoms with Gasteiger partial charge in [-0.1, -0.05) is 6.07 Å². The van der Waals surface area contributed by atoms with E-state index < -0.39 is 0 Å². The van der Waals surface area contributed by atoms with E-state index in [1.165, 1.54) is 21.4 Å². The Bertz CT molecular complexity index is 847. The molecule has 3 nitrogen and oxygen atoms in total. The van der Waals surface area contributed by atoms with Crippen LogP contribution in [0.4, 0.5) is 5.69 Å². The molecule has 2 aromatic carbocycles. The molecule has 0 unspecified atom stereocenters. The Balaban J connectivity index is 2.16. The molecule has 0 fully saturated rings. The number of hydrogen-bond acceptors (Lipinski definition) is 4. The standard InChI is InChI=1S/C17H17N3S/c1-10-5-7-15-16(9-10)21-17(19-15)13-6-8-14(20-18-4)12(3)11(13)2/h5-9H,1-4H3/b20-18+. The second kappa shape index (κ2) is 5.37. The average Bonchev–Trinajstić information content (AvgIpc) is 2.87. The zero-order valence-corrected chi connectivity index (χ0v) is 13.5. The zero-order chi connectivity index (χ0) is 15.0. The summed E-state index contributed by atoms with van der Waals surface area (Å²) in [7, 11) is 1.69. The molecule has 0 N–H and O–H groups in total. The van der Waals surface area contributed by atoms with Crippen LogP contribution in [0.15, 0.2) is 40.6 Å². The summed E-state index contributed by atoms with van der Waals surface area (Å²) in [5, 5.41) is 9.10. The molecule has 3 aromatic rings. The minimum Gasteiger partial charge on any atom is -0.236 e. The number of aryl methyl sites for hydroxylation is 1. The van der Waals surface area contributed by atoms with E-state index in [9.17, 15) is 0 Å². The smallest absolute Gasteiger partial charge is 0.124 e. The van der Waals surface area contributed by atoms with Crippen LogP contribution in [0.3, 0.4) is 0 Å². The van der Waals surface area contributed by atoms with Gasteiger partial charge in [-0.2, -0.15) is 10.2 Å². The molecule has 1 heterocycles. The first kappa shape index (κ1) is 13.9. The largest absolute Gasteiger partial charge is 0.236 e. The fourth-order valence-corrected chi connectivity index (χ4v) is 3.55. The number of hydrogen-bond donors (Lipinski definition) is 0. The van der Waals surface area contributed by atoms with Crippen molar-refractivity contribution in [1.29, 1.82) is 0 Å². The van der Waals surface area contributed by atoms with Crippen LogP contribution in [0.2, 0.25) is 0 Å². The Morgan fingerprint density at radius 2 is 1.81 bits per heavy atom. The van der Waals surface area contributed by atoms with E-state index in [1.807, 2.05) is 6.07 Å². The first-order chi connectivity index (χ1) is 10.1. The van der Waals surface area contributed by atoms with Crippen molar-refractivity contribution in [3.8, 4) is 10.6 Å². The molecule has 0 amide bonds. The van der Waals surface area contributed by atoms with E-state index in [-0.39, 0.29) is 0 Å². The van der Waals surface area contributed by atoms with Gasteiger partial charge in [0.15, 0.2) is 0 Å². The topological polar surface area (TPSA) is 37.6 Å². The van der Waals surface area contributed by atoms with Crippen LogP contribution in [0.5, 0.6) is 0 Å². The number of nitrogens with zero attached hydrogens (tertiary/aromatic N) is 3. The van der Waals surface area contributed by atoms with E-state index in [0.717, 1.165) is 21.8 Å². The van der Waals surface area contributed by atoms with Crippen LogP contribution in [-0.2, 0) is 0 Å². The number of benzene rings is 2. The summed E-state index contributed by atoms with van der Waals surface area (Å²) in [6, 6.07) is 10.5. The summed E-state index contributed by atoms with van der Waals surface area (Å²) < 4.78 is 1.24. The molecule has 0 saturated heterocycles. The Morgan fingerprint density at radius 3 is 2.57 bits per heavy atom. The van der Waals surface area contributed by atoms with Crippen LogP contribution in [-0.4, -0.2) is 12.0 Å². The molecular formula is C17H17N3S. The fourth-order valence-electron chi connectivity index (χ4n) is 2.40.